The lowest BCUT2D eigenvalue weighted by atomic mass is 9.60. The highest BCUT2D eigenvalue weighted by Gasteiger charge is 2.74. The van der Waals surface area contributed by atoms with Crippen LogP contribution in [0.1, 0.15) is 51.5 Å². The number of methoxy groups -OCH3 is 2. The van der Waals surface area contributed by atoms with Crippen molar-refractivity contribution in [2.24, 2.45) is 28.6 Å². The molecule has 10 heteroatoms. The third-order valence-corrected chi connectivity index (χ3v) is 11.2. The summed E-state index contributed by atoms with van der Waals surface area (Å²) in [6.07, 6.45) is 2.90. The smallest absolute Gasteiger partial charge is 0.314 e. The fraction of sp³-hybridized carbons (Fsp3) is 0.567. The fourth-order valence-corrected chi connectivity index (χ4v) is 9.41. The number of hydrogen-bond donors (Lipinski definition) is 0. The largest absolute Gasteiger partial charge is 0.469 e. The Labute approximate surface area is 235 Å². The second kappa shape index (κ2) is 9.55. The molecule has 0 N–H and O–H groups in total. The molecule has 9 nitrogen and oxygen atoms in total. The molecule has 3 saturated carbocycles. The van der Waals surface area contributed by atoms with Crippen LogP contribution >= 0.6 is 0 Å². The molecule has 0 aromatic heterocycles. The Balaban J connectivity index is 1.63. The van der Waals surface area contributed by atoms with E-state index in [0.717, 1.165) is 16.7 Å². The summed E-state index contributed by atoms with van der Waals surface area (Å²) in [5.41, 5.74) is -0.603. The third kappa shape index (κ3) is 3.97. The van der Waals surface area contributed by atoms with Crippen LogP contribution in [-0.4, -0.2) is 52.3 Å². The molecule has 4 aliphatic rings. The fourth-order valence-electron chi connectivity index (χ4n) is 8.24. The minimum atomic E-state index is -4.26. The van der Waals surface area contributed by atoms with Crippen molar-refractivity contribution in [3.8, 4) is 0 Å². The summed E-state index contributed by atoms with van der Waals surface area (Å²) in [6.45, 7) is 9.09. The van der Waals surface area contributed by atoms with Gasteiger partial charge in [-0.15, -0.1) is 0 Å². The van der Waals surface area contributed by atoms with E-state index in [0.29, 0.717) is 25.7 Å². The average molecular weight is 573 g/mol. The standard InChI is InChI=1S/C30H36O9S/c1-17-7-9-20(10-8-17)40(34,35)39-23-12-11-21-22-13-14-30(38-19(3)31)16-29(22,15-18(30)2)25(26(32)36-5)24(21)28(23,4)27(33)37-6/h7-11,22-25H,2,12-16H2,1,3-6H3/t22?,23-,24?,25-,28-,29+,30+/m1/s1. The lowest BCUT2D eigenvalue weighted by molar-refractivity contribution is -0.170. The summed E-state index contributed by atoms with van der Waals surface area (Å²) in [4.78, 5) is 39.4. The maximum atomic E-state index is 13.7. The molecule has 5 rings (SSSR count). The van der Waals surface area contributed by atoms with Gasteiger partial charge in [-0.1, -0.05) is 35.9 Å². The molecule has 0 amide bonds. The summed E-state index contributed by atoms with van der Waals surface area (Å²) >= 11 is 0. The Morgan fingerprint density at radius 2 is 1.75 bits per heavy atom. The molecule has 40 heavy (non-hydrogen) atoms. The van der Waals surface area contributed by atoms with Crippen LogP contribution in [0.5, 0.6) is 0 Å². The zero-order valence-electron chi connectivity index (χ0n) is 23.5. The van der Waals surface area contributed by atoms with Crippen molar-refractivity contribution in [1.82, 2.24) is 0 Å². The molecule has 3 fully saturated rings. The van der Waals surface area contributed by atoms with E-state index in [-0.39, 0.29) is 17.2 Å². The Morgan fingerprint density at radius 3 is 2.35 bits per heavy atom. The first kappa shape index (κ1) is 28.5. The zero-order valence-corrected chi connectivity index (χ0v) is 24.3. The number of carbonyl (C=O) groups is 3. The van der Waals surface area contributed by atoms with Crippen LogP contribution in [-0.2, 0) is 42.9 Å². The highest BCUT2D eigenvalue weighted by atomic mass is 32.2. The summed E-state index contributed by atoms with van der Waals surface area (Å²) in [7, 11) is -1.71. The van der Waals surface area contributed by atoms with Gasteiger partial charge in [0.2, 0.25) is 0 Å². The molecule has 4 aliphatic carbocycles. The van der Waals surface area contributed by atoms with Crippen molar-refractivity contribution in [3.05, 3.63) is 53.6 Å². The summed E-state index contributed by atoms with van der Waals surface area (Å²) in [5.74, 6) is -3.29. The molecule has 216 valence electrons. The number of carbonyl (C=O) groups excluding carboxylic acids is 3. The van der Waals surface area contributed by atoms with Crippen molar-refractivity contribution in [1.29, 1.82) is 0 Å². The lowest BCUT2D eigenvalue weighted by Crippen LogP contribution is -2.54. The van der Waals surface area contributed by atoms with Crippen LogP contribution in [0.3, 0.4) is 0 Å². The Hall–Kier alpha value is -2.98. The van der Waals surface area contributed by atoms with E-state index in [2.05, 4.69) is 6.58 Å². The Bertz CT molecular complexity index is 1410. The molecule has 7 atom stereocenters. The van der Waals surface area contributed by atoms with Gasteiger partial charge in [-0.25, -0.2) is 0 Å². The normalized spacial score (nSPS) is 36.2. The quantitative estimate of drug-likeness (QED) is 0.215. The molecule has 0 radical (unpaired) electrons. The summed E-state index contributed by atoms with van der Waals surface area (Å²) in [5, 5.41) is 0. The van der Waals surface area contributed by atoms with E-state index < -0.39 is 62.4 Å². The molecule has 1 spiro atoms. The second-order valence-electron chi connectivity index (χ2n) is 11.9. The van der Waals surface area contributed by atoms with Crippen molar-refractivity contribution >= 4 is 28.0 Å². The van der Waals surface area contributed by atoms with Gasteiger partial charge in [0.25, 0.3) is 10.1 Å². The van der Waals surface area contributed by atoms with Gasteiger partial charge < -0.3 is 14.2 Å². The minimum absolute atomic E-state index is 0.0263. The van der Waals surface area contributed by atoms with Crippen LogP contribution in [0, 0.1) is 35.5 Å². The molecule has 1 aromatic rings. The van der Waals surface area contributed by atoms with Crippen LogP contribution in [0.2, 0.25) is 0 Å². The molecule has 2 unspecified atom stereocenters. The van der Waals surface area contributed by atoms with E-state index in [1.165, 1.54) is 33.3 Å². The van der Waals surface area contributed by atoms with Gasteiger partial charge in [-0.05, 0) is 75.0 Å². The number of benzene rings is 1. The molecule has 1 aromatic carbocycles. The van der Waals surface area contributed by atoms with Gasteiger partial charge in [0.1, 0.15) is 11.0 Å². The number of aryl methyl sites for hydroxylation is 1. The van der Waals surface area contributed by atoms with Gasteiger partial charge in [0.05, 0.1) is 31.1 Å². The lowest BCUT2D eigenvalue weighted by Gasteiger charge is -2.45. The maximum Gasteiger partial charge on any atom is 0.314 e. The number of ether oxygens (including phenoxy) is 3. The topological polar surface area (TPSA) is 122 Å². The average Bonchev–Trinajstić information content (AvgIpc) is 3.30. The van der Waals surface area contributed by atoms with E-state index in [1.807, 2.05) is 13.0 Å². The summed E-state index contributed by atoms with van der Waals surface area (Å²) in [6, 6.07) is 6.27. The second-order valence-corrected chi connectivity index (χ2v) is 13.5. The predicted octanol–water partition coefficient (Wildman–Crippen LogP) is 4.05. The van der Waals surface area contributed by atoms with E-state index in [1.54, 1.807) is 19.1 Å². The summed E-state index contributed by atoms with van der Waals surface area (Å²) < 4.78 is 49.1. The highest BCUT2D eigenvalue weighted by Crippen LogP contribution is 2.74. The zero-order chi connectivity index (χ0) is 29.3. The number of allylic oxidation sites excluding steroid dienone is 1. The molecule has 0 heterocycles. The predicted molar refractivity (Wildman–Crippen MR) is 143 cm³/mol. The number of rotatable bonds is 6. The van der Waals surface area contributed by atoms with Crippen LogP contribution < -0.4 is 0 Å². The number of esters is 3. The minimum Gasteiger partial charge on any atom is -0.469 e. The third-order valence-electron chi connectivity index (χ3n) is 9.90. The Morgan fingerprint density at radius 1 is 1.07 bits per heavy atom. The molecular formula is C30H36O9S. The van der Waals surface area contributed by atoms with E-state index in [9.17, 15) is 22.8 Å². The molecule has 0 aliphatic heterocycles. The first-order valence-corrected chi connectivity index (χ1v) is 14.9. The SMILES string of the molecule is C=C1C[C@]23C[C@@]1(OC(C)=O)CCC2C1=CC[C@@H](OS(=O)(=O)c2ccc(C)cc2)[C@@](C)(C(=O)OC)C1[C@@H]3C(=O)OC. The Kier molecular flexibility index (Phi) is 6.81. The van der Waals surface area contributed by atoms with Gasteiger partial charge >= 0.3 is 17.9 Å². The van der Waals surface area contributed by atoms with Gasteiger partial charge in [-0.3, -0.25) is 18.6 Å². The van der Waals surface area contributed by atoms with Crippen LogP contribution in [0.15, 0.2) is 53.0 Å². The van der Waals surface area contributed by atoms with Crippen molar-refractivity contribution < 1.29 is 41.2 Å². The van der Waals surface area contributed by atoms with Crippen molar-refractivity contribution in [3.63, 3.8) is 0 Å². The van der Waals surface area contributed by atoms with E-state index >= 15 is 0 Å². The van der Waals surface area contributed by atoms with E-state index in [4.69, 9.17) is 18.4 Å². The first-order valence-electron chi connectivity index (χ1n) is 13.5. The molecular weight excluding hydrogens is 536 g/mol. The monoisotopic (exact) mass is 572 g/mol. The highest BCUT2D eigenvalue weighted by molar-refractivity contribution is 7.86. The molecule has 0 saturated heterocycles. The van der Waals surface area contributed by atoms with Gasteiger partial charge in [0, 0.05) is 12.8 Å². The van der Waals surface area contributed by atoms with Gasteiger partial charge in [0.15, 0.2) is 0 Å². The van der Waals surface area contributed by atoms with Crippen molar-refractivity contribution in [2.45, 2.75) is 69.5 Å². The molecule has 2 bridgehead atoms. The van der Waals surface area contributed by atoms with Crippen LogP contribution in [0.25, 0.3) is 0 Å². The maximum absolute atomic E-state index is 13.7. The van der Waals surface area contributed by atoms with Gasteiger partial charge in [-0.2, -0.15) is 8.42 Å². The number of hydrogen-bond acceptors (Lipinski definition) is 9. The van der Waals surface area contributed by atoms with Crippen LogP contribution in [0.4, 0.5) is 0 Å². The van der Waals surface area contributed by atoms with Crippen molar-refractivity contribution in [2.75, 3.05) is 14.2 Å². The number of fused-ring (bicyclic) bond motifs is 3. The first-order chi connectivity index (χ1) is 18.8.